The van der Waals surface area contributed by atoms with E-state index < -0.39 is 6.04 Å². The Labute approximate surface area is 181 Å². The van der Waals surface area contributed by atoms with Crippen molar-refractivity contribution in [2.45, 2.75) is 31.8 Å². The van der Waals surface area contributed by atoms with Crippen molar-refractivity contribution in [3.05, 3.63) is 84.4 Å². The summed E-state index contributed by atoms with van der Waals surface area (Å²) >= 11 is 0. The van der Waals surface area contributed by atoms with Crippen LogP contribution in [0.25, 0.3) is 0 Å². The van der Waals surface area contributed by atoms with Crippen molar-refractivity contribution in [3.8, 4) is 11.5 Å². The number of hydrogen-bond acceptors (Lipinski definition) is 4. The molecule has 0 saturated heterocycles. The molecule has 4 rings (SSSR count). The second-order valence-electron chi connectivity index (χ2n) is 7.62. The topological polar surface area (TPSA) is 79.5 Å². The zero-order chi connectivity index (χ0) is 21.6. The van der Waals surface area contributed by atoms with E-state index in [2.05, 4.69) is 16.0 Å². The summed E-state index contributed by atoms with van der Waals surface area (Å²) < 4.78 is 5.76. The van der Waals surface area contributed by atoms with E-state index in [1.54, 1.807) is 43.3 Å². The molecule has 1 fully saturated rings. The van der Waals surface area contributed by atoms with Gasteiger partial charge in [0.1, 0.15) is 17.5 Å². The van der Waals surface area contributed by atoms with Gasteiger partial charge < -0.3 is 20.7 Å². The lowest BCUT2D eigenvalue weighted by Crippen LogP contribution is -2.31. The first-order valence-electron chi connectivity index (χ1n) is 10.4. The molecule has 6 heteroatoms. The maximum atomic E-state index is 12.5. The van der Waals surface area contributed by atoms with E-state index in [0.717, 1.165) is 24.3 Å². The largest absolute Gasteiger partial charge is 0.457 e. The Balaban J connectivity index is 1.28. The number of anilines is 2. The maximum absolute atomic E-state index is 12.5. The van der Waals surface area contributed by atoms with Gasteiger partial charge in [-0.25, -0.2) is 0 Å². The molecule has 3 aromatic carbocycles. The van der Waals surface area contributed by atoms with Gasteiger partial charge in [0.15, 0.2) is 0 Å². The van der Waals surface area contributed by atoms with Gasteiger partial charge in [0.05, 0.1) is 0 Å². The van der Waals surface area contributed by atoms with Gasteiger partial charge in [0.25, 0.3) is 5.91 Å². The number of carbonyl (C=O) groups is 2. The zero-order valence-electron chi connectivity index (χ0n) is 17.3. The minimum absolute atomic E-state index is 0.0560. The van der Waals surface area contributed by atoms with Crippen LogP contribution >= 0.6 is 0 Å². The highest BCUT2D eigenvalue weighted by Gasteiger charge is 2.23. The van der Waals surface area contributed by atoms with Gasteiger partial charge in [0.2, 0.25) is 5.91 Å². The number of ether oxygens (including phenoxy) is 1. The third kappa shape index (κ3) is 5.85. The SMILES string of the molecule is CC(Nc1ccc(C(=O)NC2CC2)cc1)C(=O)Nc1ccc(Oc2ccccc2)cc1. The molecule has 0 aliphatic heterocycles. The van der Waals surface area contributed by atoms with Crippen LogP contribution < -0.4 is 20.7 Å². The van der Waals surface area contributed by atoms with Gasteiger partial charge in [0, 0.05) is 23.0 Å². The Morgan fingerprint density at radius 1 is 0.839 bits per heavy atom. The van der Waals surface area contributed by atoms with Gasteiger partial charge >= 0.3 is 0 Å². The van der Waals surface area contributed by atoms with Crippen LogP contribution in [-0.2, 0) is 4.79 Å². The standard InChI is InChI=1S/C25H25N3O3/c1-17(26-19-9-7-18(8-10-19)25(30)28-20-11-12-20)24(29)27-21-13-15-23(16-14-21)31-22-5-3-2-4-6-22/h2-10,13-17,20,26H,11-12H2,1H3,(H,27,29)(H,28,30). The van der Waals surface area contributed by atoms with Crippen LogP contribution in [0.4, 0.5) is 11.4 Å². The number of nitrogens with one attached hydrogen (secondary N) is 3. The number of rotatable bonds is 8. The van der Waals surface area contributed by atoms with E-state index in [1.807, 2.05) is 42.5 Å². The first kappa shape index (κ1) is 20.5. The number of benzene rings is 3. The molecule has 3 aromatic rings. The Kier molecular flexibility index (Phi) is 6.17. The van der Waals surface area contributed by atoms with Gasteiger partial charge in [-0.05, 0) is 80.4 Å². The van der Waals surface area contributed by atoms with E-state index >= 15 is 0 Å². The third-order valence-electron chi connectivity index (χ3n) is 4.94. The average molecular weight is 415 g/mol. The lowest BCUT2D eigenvalue weighted by atomic mass is 10.1. The summed E-state index contributed by atoms with van der Waals surface area (Å²) in [7, 11) is 0. The summed E-state index contributed by atoms with van der Waals surface area (Å²) in [4.78, 5) is 24.6. The van der Waals surface area contributed by atoms with E-state index in [1.165, 1.54) is 0 Å². The summed E-state index contributed by atoms with van der Waals surface area (Å²) in [5.74, 6) is 1.24. The van der Waals surface area contributed by atoms with Crippen LogP contribution in [0.5, 0.6) is 11.5 Å². The summed E-state index contributed by atoms with van der Waals surface area (Å²) in [5.41, 5.74) is 2.08. The Morgan fingerprint density at radius 3 is 2.10 bits per heavy atom. The molecule has 31 heavy (non-hydrogen) atoms. The minimum atomic E-state index is -0.452. The van der Waals surface area contributed by atoms with Crippen molar-refractivity contribution in [3.63, 3.8) is 0 Å². The maximum Gasteiger partial charge on any atom is 0.251 e. The number of amides is 2. The lowest BCUT2D eigenvalue weighted by molar-refractivity contribution is -0.116. The second-order valence-corrected chi connectivity index (χ2v) is 7.62. The smallest absolute Gasteiger partial charge is 0.251 e. The monoisotopic (exact) mass is 415 g/mol. The van der Waals surface area contributed by atoms with Crippen molar-refractivity contribution in [2.75, 3.05) is 10.6 Å². The summed E-state index contributed by atoms with van der Waals surface area (Å²) in [6, 6.07) is 23.8. The molecule has 2 amide bonds. The second kappa shape index (κ2) is 9.34. The van der Waals surface area contributed by atoms with E-state index in [0.29, 0.717) is 23.0 Å². The number of para-hydroxylation sites is 1. The van der Waals surface area contributed by atoms with E-state index in [4.69, 9.17) is 4.74 Å². The molecule has 1 aliphatic rings. The molecular formula is C25H25N3O3. The molecule has 1 unspecified atom stereocenters. The fourth-order valence-corrected chi connectivity index (χ4v) is 3.01. The van der Waals surface area contributed by atoms with Crippen molar-refractivity contribution >= 4 is 23.2 Å². The van der Waals surface area contributed by atoms with Crippen molar-refractivity contribution < 1.29 is 14.3 Å². The quantitative estimate of drug-likeness (QED) is 0.493. The molecule has 6 nitrogen and oxygen atoms in total. The predicted molar refractivity (Wildman–Crippen MR) is 122 cm³/mol. The van der Waals surface area contributed by atoms with Gasteiger partial charge in [-0.2, -0.15) is 0 Å². The van der Waals surface area contributed by atoms with E-state index in [-0.39, 0.29) is 11.8 Å². The molecule has 1 saturated carbocycles. The highest BCUT2D eigenvalue weighted by Crippen LogP contribution is 2.23. The van der Waals surface area contributed by atoms with Crippen molar-refractivity contribution in [1.29, 1.82) is 0 Å². The van der Waals surface area contributed by atoms with Gasteiger partial charge in [-0.1, -0.05) is 18.2 Å². The van der Waals surface area contributed by atoms with Crippen LogP contribution in [0, 0.1) is 0 Å². The van der Waals surface area contributed by atoms with Crippen molar-refractivity contribution in [1.82, 2.24) is 5.32 Å². The van der Waals surface area contributed by atoms with Gasteiger partial charge in [-0.3, -0.25) is 9.59 Å². The van der Waals surface area contributed by atoms with Crippen LogP contribution in [-0.4, -0.2) is 23.9 Å². The molecule has 1 atom stereocenters. The summed E-state index contributed by atoms with van der Waals surface area (Å²) in [5, 5.41) is 9.01. The molecule has 0 aromatic heterocycles. The van der Waals surface area contributed by atoms with Crippen LogP contribution in [0.15, 0.2) is 78.9 Å². The lowest BCUT2D eigenvalue weighted by Gasteiger charge is -2.16. The van der Waals surface area contributed by atoms with Crippen LogP contribution in [0.1, 0.15) is 30.1 Å². The summed E-state index contributed by atoms with van der Waals surface area (Å²) in [6.07, 6.45) is 2.11. The van der Waals surface area contributed by atoms with Crippen LogP contribution in [0.2, 0.25) is 0 Å². The highest BCUT2D eigenvalue weighted by atomic mass is 16.5. The molecule has 0 heterocycles. The molecule has 158 valence electrons. The average Bonchev–Trinajstić information content (AvgIpc) is 3.60. The number of carbonyl (C=O) groups excluding carboxylic acids is 2. The summed E-state index contributed by atoms with van der Waals surface area (Å²) in [6.45, 7) is 1.79. The van der Waals surface area contributed by atoms with Crippen LogP contribution in [0.3, 0.4) is 0 Å². The molecule has 0 radical (unpaired) electrons. The first-order chi connectivity index (χ1) is 15.1. The predicted octanol–water partition coefficient (Wildman–Crippen LogP) is 4.81. The molecule has 0 spiro atoms. The molecule has 1 aliphatic carbocycles. The third-order valence-corrected chi connectivity index (χ3v) is 4.94. The fraction of sp³-hybridized carbons (Fsp3) is 0.200. The van der Waals surface area contributed by atoms with Gasteiger partial charge in [-0.15, -0.1) is 0 Å². The molecule has 0 bridgehead atoms. The normalized spacial score (nSPS) is 13.7. The Morgan fingerprint density at radius 2 is 1.45 bits per heavy atom. The highest BCUT2D eigenvalue weighted by molar-refractivity contribution is 5.97. The first-order valence-corrected chi connectivity index (χ1v) is 10.4. The zero-order valence-corrected chi connectivity index (χ0v) is 17.3. The van der Waals surface area contributed by atoms with Crippen molar-refractivity contribution in [2.24, 2.45) is 0 Å². The molecule has 3 N–H and O–H groups in total. The fourth-order valence-electron chi connectivity index (χ4n) is 3.01. The van der Waals surface area contributed by atoms with E-state index in [9.17, 15) is 9.59 Å². The minimum Gasteiger partial charge on any atom is -0.457 e. The molecular weight excluding hydrogens is 390 g/mol. The Bertz CT molecular complexity index is 1030. The Hall–Kier alpha value is -3.80. The number of hydrogen-bond donors (Lipinski definition) is 3.